The molecule has 25 heavy (non-hydrogen) atoms. The minimum Gasteiger partial charge on any atom is -0.389 e. The Morgan fingerprint density at radius 3 is 2.40 bits per heavy atom. The number of rotatable bonds is 11. The summed E-state index contributed by atoms with van der Waals surface area (Å²) < 4.78 is 5.79. The third-order valence-electron chi connectivity index (χ3n) is 3.77. The van der Waals surface area contributed by atoms with Crippen molar-refractivity contribution in [3.63, 3.8) is 0 Å². The Hall–Kier alpha value is -2.27. The van der Waals surface area contributed by atoms with E-state index in [2.05, 4.69) is 11.9 Å². The lowest BCUT2D eigenvalue weighted by Crippen LogP contribution is -2.35. The smallest absolute Gasteiger partial charge is 0.191 e. The second kappa shape index (κ2) is 10.6. The molecule has 2 N–H and O–H groups in total. The van der Waals surface area contributed by atoms with E-state index in [1.807, 2.05) is 48.5 Å². The molecule has 0 saturated carbocycles. The lowest BCUT2D eigenvalue weighted by Gasteiger charge is -2.19. The molecule has 0 aliphatic carbocycles. The van der Waals surface area contributed by atoms with E-state index in [1.165, 1.54) is 0 Å². The first-order valence-corrected chi connectivity index (χ1v) is 8.45. The Bertz CT molecular complexity index is 643. The maximum absolute atomic E-state index is 12.8. The van der Waals surface area contributed by atoms with E-state index in [0.29, 0.717) is 25.1 Å². The van der Waals surface area contributed by atoms with Crippen LogP contribution in [0.2, 0.25) is 0 Å². The van der Waals surface area contributed by atoms with Gasteiger partial charge in [0.15, 0.2) is 5.78 Å². The Labute approximate surface area is 149 Å². The Kier molecular flexibility index (Phi) is 8.05. The van der Waals surface area contributed by atoms with Gasteiger partial charge in [-0.25, -0.2) is 0 Å². The number of hydrogen-bond acceptors (Lipinski definition) is 4. The number of ketones is 1. The minimum absolute atomic E-state index is 0.0734. The van der Waals surface area contributed by atoms with Gasteiger partial charge in [-0.1, -0.05) is 66.7 Å². The van der Waals surface area contributed by atoms with Crippen LogP contribution < -0.4 is 5.32 Å². The van der Waals surface area contributed by atoms with Gasteiger partial charge in [-0.2, -0.15) is 0 Å². The van der Waals surface area contributed by atoms with Crippen molar-refractivity contribution < 1.29 is 14.6 Å². The van der Waals surface area contributed by atoms with Gasteiger partial charge in [0.25, 0.3) is 0 Å². The summed E-state index contributed by atoms with van der Waals surface area (Å²) in [5.41, 5.74) is 1.64. The largest absolute Gasteiger partial charge is 0.389 e. The number of ether oxygens (including phenoxy) is 1. The van der Waals surface area contributed by atoms with Gasteiger partial charge in [-0.3, -0.25) is 4.79 Å². The monoisotopic (exact) mass is 339 g/mol. The quantitative estimate of drug-likeness (QED) is 0.375. The third kappa shape index (κ3) is 6.63. The average Bonchev–Trinajstić information content (AvgIpc) is 2.66. The maximum atomic E-state index is 12.8. The van der Waals surface area contributed by atoms with Gasteiger partial charge >= 0.3 is 0 Å². The summed E-state index contributed by atoms with van der Waals surface area (Å²) in [5, 5.41) is 13.0. The van der Waals surface area contributed by atoms with Gasteiger partial charge in [-0.15, -0.1) is 6.58 Å². The second-order valence-electron chi connectivity index (χ2n) is 5.84. The Balaban J connectivity index is 2.01. The van der Waals surface area contributed by atoms with Gasteiger partial charge in [0.05, 0.1) is 12.7 Å². The number of Topliss-reactive ketones (excluding diaryl/α,β-unsaturated/α-hetero) is 1. The van der Waals surface area contributed by atoms with Crippen molar-refractivity contribution >= 4 is 5.78 Å². The molecule has 4 nitrogen and oxygen atoms in total. The number of benzene rings is 2. The van der Waals surface area contributed by atoms with Crippen molar-refractivity contribution in [3.8, 4) is 0 Å². The van der Waals surface area contributed by atoms with Crippen LogP contribution in [0.15, 0.2) is 73.3 Å². The van der Waals surface area contributed by atoms with Crippen LogP contribution in [0.1, 0.15) is 15.9 Å². The van der Waals surface area contributed by atoms with Gasteiger partial charge in [0.2, 0.25) is 0 Å². The lowest BCUT2D eigenvalue weighted by molar-refractivity contribution is -0.00142. The predicted octanol–water partition coefficient (Wildman–Crippen LogP) is 2.63. The number of hydrogen-bond donors (Lipinski definition) is 2. The zero-order valence-corrected chi connectivity index (χ0v) is 14.3. The van der Waals surface area contributed by atoms with E-state index in [9.17, 15) is 9.90 Å². The first-order chi connectivity index (χ1) is 12.2. The standard InChI is InChI=1S/C21H25NO3/c1-2-13-22-15-19(23)16-25-20(14-17-9-5-3-6-10-17)21(24)18-11-7-4-8-12-18/h2-12,19-20,22-23H,1,13-16H2. The molecule has 0 saturated heterocycles. The fourth-order valence-electron chi connectivity index (χ4n) is 2.48. The molecule has 0 bridgehead atoms. The molecular formula is C21H25NO3. The molecule has 2 unspecified atom stereocenters. The fourth-order valence-corrected chi connectivity index (χ4v) is 2.48. The fraction of sp³-hybridized carbons (Fsp3) is 0.286. The highest BCUT2D eigenvalue weighted by atomic mass is 16.5. The first kappa shape index (κ1) is 19.1. The van der Waals surface area contributed by atoms with Crippen molar-refractivity contribution in [2.24, 2.45) is 0 Å². The van der Waals surface area contributed by atoms with Crippen LogP contribution in [-0.2, 0) is 11.2 Å². The van der Waals surface area contributed by atoms with Gasteiger partial charge in [0, 0.05) is 25.1 Å². The Morgan fingerprint density at radius 1 is 1.12 bits per heavy atom. The summed E-state index contributed by atoms with van der Waals surface area (Å²) >= 11 is 0. The number of aliphatic hydroxyl groups is 1. The van der Waals surface area contributed by atoms with Crippen molar-refractivity contribution in [2.75, 3.05) is 19.7 Å². The molecule has 2 aromatic carbocycles. The molecule has 2 rings (SSSR count). The molecule has 0 aromatic heterocycles. The van der Waals surface area contributed by atoms with E-state index >= 15 is 0 Å². The van der Waals surface area contributed by atoms with E-state index < -0.39 is 12.2 Å². The van der Waals surface area contributed by atoms with Gasteiger partial charge in [-0.05, 0) is 5.56 Å². The van der Waals surface area contributed by atoms with E-state index in [4.69, 9.17) is 4.74 Å². The molecular weight excluding hydrogens is 314 g/mol. The molecule has 0 aliphatic heterocycles. The summed E-state index contributed by atoms with van der Waals surface area (Å²) in [7, 11) is 0. The normalized spacial score (nSPS) is 13.2. The molecule has 0 heterocycles. The van der Waals surface area contributed by atoms with Crippen LogP contribution in [0.25, 0.3) is 0 Å². The number of nitrogens with one attached hydrogen (secondary N) is 1. The summed E-state index contributed by atoms with van der Waals surface area (Å²) in [4.78, 5) is 12.8. The topological polar surface area (TPSA) is 58.6 Å². The summed E-state index contributed by atoms with van der Waals surface area (Å²) in [6, 6.07) is 18.9. The Morgan fingerprint density at radius 2 is 1.76 bits per heavy atom. The van der Waals surface area contributed by atoms with Crippen LogP contribution in [0.3, 0.4) is 0 Å². The number of carbonyl (C=O) groups excluding carboxylic acids is 1. The van der Waals surface area contributed by atoms with Crippen molar-refractivity contribution in [1.82, 2.24) is 5.32 Å². The molecule has 2 aromatic rings. The highest BCUT2D eigenvalue weighted by Gasteiger charge is 2.22. The van der Waals surface area contributed by atoms with E-state index in [-0.39, 0.29) is 12.4 Å². The third-order valence-corrected chi connectivity index (χ3v) is 3.77. The number of carbonyl (C=O) groups is 1. The molecule has 4 heteroatoms. The lowest BCUT2D eigenvalue weighted by atomic mass is 10.00. The summed E-state index contributed by atoms with van der Waals surface area (Å²) in [6.07, 6.45) is 0.896. The van der Waals surface area contributed by atoms with Crippen LogP contribution in [0.4, 0.5) is 0 Å². The van der Waals surface area contributed by atoms with E-state index in [1.54, 1.807) is 18.2 Å². The SMILES string of the molecule is C=CCNCC(O)COC(Cc1ccccc1)C(=O)c1ccccc1. The zero-order valence-electron chi connectivity index (χ0n) is 14.3. The average molecular weight is 339 g/mol. The molecule has 132 valence electrons. The molecule has 2 atom stereocenters. The van der Waals surface area contributed by atoms with Crippen LogP contribution in [0.5, 0.6) is 0 Å². The highest BCUT2D eigenvalue weighted by molar-refractivity contribution is 5.99. The minimum atomic E-state index is -0.679. The van der Waals surface area contributed by atoms with Crippen LogP contribution in [0, 0.1) is 0 Å². The van der Waals surface area contributed by atoms with Crippen molar-refractivity contribution in [2.45, 2.75) is 18.6 Å². The predicted molar refractivity (Wildman–Crippen MR) is 99.7 cm³/mol. The van der Waals surface area contributed by atoms with Crippen LogP contribution in [-0.4, -0.2) is 42.8 Å². The molecule has 0 aliphatic rings. The van der Waals surface area contributed by atoms with Crippen molar-refractivity contribution in [3.05, 3.63) is 84.4 Å². The molecule has 0 radical (unpaired) electrons. The van der Waals surface area contributed by atoms with E-state index in [0.717, 1.165) is 5.56 Å². The summed E-state index contributed by atoms with van der Waals surface area (Å²) in [6.45, 7) is 4.72. The number of aliphatic hydroxyl groups excluding tert-OH is 1. The van der Waals surface area contributed by atoms with Gasteiger partial charge in [0.1, 0.15) is 6.10 Å². The van der Waals surface area contributed by atoms with Crippen molar-refractivity contribution in [1.29, 1.82) is 0 Å². The second-order valence-corrected chi connectivity index (χ2v) is 5.84. The van der Waals surface area contributed by atoms with Gasteiger partial charge < -0.3 is 15.2 Å². The zero-order chi connectivity index (χ0) is 17.9. The first-order valence-electron chi connectivity index (χ1n) is 8.45. The highest BCUT2D eigenvalue weighted by Crippen LogP contribution is 2.13. The molecule has 0 amide bonds. The molecule has 0 fully saturated rings. The maximum Gasteiger partial charge on any atom is 0.191 e. The van der Waals surface area contributed by atoms with Crippen LogP contribution >= 0.6 is 0 Å². The molecule has 0 spiro atoms. The summed E-state index contributed by atoms with van der Waals surface area (Å²) in [5.74, 6) is -0.0734.